The first-order valence-corrected chi connectivity index (χ1v) is 17.6. The molecule has 5 fully saturated rings. The van der Waals surface area contributed by atoms with Crippen molar-refractivity contribution in [2.45, 2.75) is 69.4 Å². The number of halogens is 1. The van der Waals surface area contributed by atoms with Gasteiger partial charge in [0.05, 0.1) is 50.2 Å². The number of aromatic nitrogens is 3. The Morgan fingerprint density at radius 3 is 1.46 bits per heavy atom. The SMILES string of the molecule is C1CCC2(CC1)OCCO2.Ic1cccnc1.O=C1CCN(c2cccnc2)CC1.c1cncc(N2CCC3(CC2)OCCO3)c1. The third-order valence-electron chi connectivity index (χ3n) is 8.74. The van der Waals surface area contributed by atoms with Gasteiger partial charge in [-0.2, -0.15) is 0 Å². The molecule has 0 aromatic carbocycles. The van der Waals surface area contributed by atoms with Gasteiger partial charge in [-0.05, 0) is 71.8 Å². The second-order valence-corrected chi connectivity index (χ2v) is 13.1. The largest absolute Gasteiger partial charge is 0.370 e. The van der Waals surface area contributed by atoms with E-state index in [1.165, 1.54) is 28.5 Å². The Morgan fingerprint density at radius 2 is 1.04 bits per heavy atom. The molecule has 3 aromatic rings. The molecule has 0 unspecified atom stereocenters. The molecule has 5 aliphatic rings. The maximum atomic E-state index is 11.0. The molecule has 11 heteroatoms. The van der Waals surface area contributed by atoms with Crippen molar-refractivity contribution in [2.24, 2.45) is 0 Å². The molecule has 4 saturated heterocycles. The summed E-state index contributed by atoms with van der Waals surface area (Å²) in [4.78, 5) is 27.6. The van der Waals surface area contributed by atoms with Gasteiger partial charge in [-0.25, -0.2) is 0 Å². The summed E-state index contributed by atoms with van der Waals surface area (Å²) in [5.41, 5.74) is 2.31. The van der Waals surface area contributed by atoms with Crippen molar-refractivity contribution in [1.82, 2.24) is 15.0 Å². The van der Waals surface area contributed by atoms with Crippen LogP contribution < -0.4 is 9.80 Å². The van der Waals surface area contributed by atoms with E-state index in [1.54, 1.807) is 18.6 Å². The van der Waals surface area contributed by atoms with Crippen LogP contribution in [0.5, 0.6) is 0 Å². The minimum Gasteiger partial charge on any atom is -0.370 e. The van der Waals surface area contributed by atoms with E-state index in [2.05, 4.69) is 53.4 Å². The molecular formula is C35H46IN5O5. The fourth-order valence-electron chi connectivity index (χ4n) is 6.21. The molecule has 1 aliphatic carbocycles. The van der Waals surface area contributed by atoms with E-state index in [1.807, 2.05) is 48.9 Å². The molecule has 0 bridgehead atoms. The minimum atomic E-state index is -0.279. The molecule has 3 aromatic heterocycles. The summed E-state index contributed by atoms with van der Waals surface area (Å²) >= 11 is 2.22. The second-order valence-electron chi connectivity index (χ2n) is 11.9. The van der Waals surface area contributed by atoms with E-state index >= 15 is 0 Å². The number of carbonyl (C=O) groups excluding carboxylic acids is 1. The van der Waals surface area contributed by atoms with E-state index in [-0.39, 0.29) is 11.6 Å². The van der Waals surface area contributed by atoms with Gasteiger partial charge in [0.2, 0.25) is 0 Å². The maximum Gasteiger partial charge on any atom is 0.171 e. The van der Waals surface area contributed by atoms with Crippen LogP contribution in [0, 0.1) is 3.57 Å². The fourth-order valence-corrected chi connectivity index (χ4v) is 6.57. The molecule has 7 heterocycles. The summed E-state index contributed by atoms with van der Waals surface area (Å²) in [5, 5.41) is 0. The zero-order valence-corrected chi connectivity index (χ0v) is 28.8. The Bertz CT molecular complexity index is 1270. The van der Waals surface area contributed by atoms with Crippen LogP contribution in [-0.2, 0) is 23.7 Å². The lowest BCUT2D eigenvalue weighted by atomic mass is 9.94. The van der Waals surface area contributed by atoms with Gasteiger partial charge in [0.25, 0.3) is 0 Å². The molecule has 0 N–H and O–H groups in total. The van der Waals surface area contributed by atoms with Crippen LogP contribution in [0.2, 0.25) is 0 Å². The molecule has 10 nitrogen and oxygen atoms in total. The van der Waals surface area contributed by atoms with Gasteiger partial charge < -0.3 is 28.7 Å². The van der Waals surface area contributed by atoms with Gasteiger partial charge in [0.15, 0.2) is 11.6 Å². The third kappa shape index (κ3) is 10.7. The lowest BCUT2D eigenvalue weighted by molar-refractivity contribution is -0.176. The maximum absolute atomic E-state index is 11.0. The Morgan fingerprint density at radius 1 is 0.587 bits per heavy atom. The number of anilines is 2. The molecule has 8 rings (SSSR count). The van der Waals surface area contributed by atoms with Crippen molar-refractivity contribution < 1.29 is 23.7 Å². The second kappa shape index (κ2) is 18.0. The summed E-state index contributed by atoms with van der Waals surface area (Å²) in [5.74, 6) is -0.0307. The zero-order chi connectivity index (χ0) is 31.9. The van der Waals surface area contributed by atoms with Crippen molar-refractivity contribution in [3.05, 3.63) is 77.1 Å². The molecule has 1 saturated carbocycles. The van der Waals surface area contributed by atoms with Crippen LogP contribution in [0.1, 0.15) is 57.8 Å². The number of rotatable bonds is 2. The summed E-state index contributed by atoms with van der Waals surface area (Å²) in [7, 11) is 0. The van der Waals surface area contributed by atoms with Crippen molar-refractivity contribution in [1.29, 1.82) is 0 Å². The minimum absolute atomic E-state index is 0.127. The molecule has 2 spiro atoms. The average Bonchev–Trinajstić information content (AvgIpc) is 3.77. The monoisotopic (exact) mass is 743 g/mol. The van der Waals surface area contributed by atoms with Crippen LogP contribution in [0.15, 0.2) is 73.6 Å². The molecular weight excluding hydrogens is 697 g/mol. The van der Waals surface area contributed by atoms with Crippen LogP contribution in [0.3, 0.4) is 0 Å². The number of ketones is 1. The molecule has 4 aliphatic heterocycles. The first kappa shape index (κ1) is 34.6. The topological polar surface area (TPSA) is 99.1 Å². The highest BCUT2D eigenvalue weighted by Crippen LogP contribution is 2.35. The average molecular weight is 744 g/mol. The van der Waals surface area contributed by atoms with E-state index in [0.717, 1.165) is 84.0 Å². The van der Waals surface area contributed by atoms with E-state index in [4.69, 9.17) is 18.9 Å². The highest BCUT2D eigenvalue weighted by molar-refractivity contribution is 14.1. The molecule has 0 atom stereocenters. The van der Waals surface area contributed by atoms with Gasteiger partial charge in [-0.3, -0.25) is 19.7 Å². The van der Waals surface area contributed by atoms with Gasteiger partial charge in [-0.1, -0.05) is 6.42 Å². The van der Waals surface area contributed by atoms with Crippen LogP contribution in [0.4, 0.5) is 11.4 Å². The lowest BCUT2D eigenvalue weighted by Crippen LogP contribution is -2.45. The van der Waals surface area contributed by atoms with Gasteiger partial charge >= 0.3 is 0 Å². The van der Waals surface area contributed by atoms with Gasteiger partial charge in [-0.15, -0.1) is 0 Å². The Labute approximate surface area is 286 Å². The van der Waals surface area contributed by atoms with E-state index < -0.39 is 0 Å². The zero-order valence-electron chi connectivity index (χ0n) is 26.6. The number of piperidine rings is 2. The Balaban J connectivity index is 0.000000126. The lowest BCUT2D eigenvalue weighted by Gasteiger charge is -2.38. The number of Topliss-reactive ketones (excluding diaryl/α,β-unsaturated/α-hetero) is 1. The Hall–Kier alpha value is -2.71. The van der Waals surface area contributed by atoms with Crippen molar-refractivity contribution in [3.63, 3.8) is 0 Å². The first-order chi connectivity index (χ1) is 22.5. The Kier molecular flexibility index (Phi) is 13.5. The molecule has 0 radical (unpaired) electrons. The molecule has 46 heavy (non-hydrogen) atoms. The van der Waals surface area contributed by atoms with E-state index in [0.29, 0.717) is 18.6 Å². The quantitative estimate of drug-likeness (QED) is 0.289. The van der Waals surface area contributed by atoms with E-state index in [9.17, 15) is 4.79 Å². The number of hydrogen-bond donors (Lipinski definition) is 0. The predicted molar refractivity (Wildman–Crippen MR) is 186 cm³/mol. The van der Waals surface area contributed by atoms with Crippen LogP contribution in [0.25, 0.3) is 0 Å². The van der Waals surface area contributed by atoms with Crippen molar-refractivity contribution >= 4 is 39.7 Å². The van der Waals surface area contributed by atoms with Crippen molar-refractivity contribution in [3.8, 4) is 0 Å². The summed E-state index contributed by atoms with van der Waals surface area (Å²) < 4.78 is 23.7. The van der Waals surface area contributed by atoms with Gasteiger partial charge in [0, 0.05) is 93.1 Å². The van der Waals surface area contributed by atoms with Crippen LogP contribution in [-0.4, -0.2) is 84.9 Å². The third-order valence-corrected chi connectivity index (χ3v) is 9.37. The van der Waals surface area contributed by atoms with Crippen molar-refractivity contribution in [2.75, 3.05) is 62.4 Å². The van der Waals surface area contributed by atoms with Crippen LogP contribution >= 0.6 is 22.6 Å². The number of hydrogen-bond acceptors (Lipinski definition) is 10. The predicted octanol–water partition coefficient (Wildman–Crippen LogP) is 6.06. The number of carbonyl (C=O) groups is 1. The van der Waals surface area contributed by atoms with Gasteiger partial charge in [0.1, 0.15) is 5.78 Å². The first-order valence-electron chi connectivity index (χ1n) is 16.5. The normalized spacial score (nSPS) is 21.4. The standard InChI is InChI=1S/C12H16N2O2.C10H12N2O.C8H14O2.C5H4IN/c1-2-11(10-13-5-1)14-6-3-12(4-7-14)15-8-9-16-12;13-10-3-6-12(7-4-10)9-2-1-5-11-8-9;1-2-4-8(5-3-1)9-6-7-10-8;6-5-2-1-3-7-4-5/h1-2,5,10H,3-4,6-9H2;1-2,5,8H,3-4,6-7H2;1-7H2;1-4H. The fraction of sp³-hybridized carbons (Fsp3) is 0.543. The number of pyridine rings is 3. The smallest absolute Gasteiger partial charge is 0.171 e. The summed E-state index contributed by atoms with van der Waals surface area (Å²) in [6.07, 6.45) is 20.3. The summed E-state index contributed by atoms with van der Waals surface area (Å²) in [6, 6.07) is 12.0. The molecule has 248 valence electrons. The number of nitrogens with zero attached hydrogens (tertiary/aromatic N) is 5. The molecule has 0 amide bonds. The highest BCUT2D eigenvalue weighted by atomic mass is 127. The highest BCUT2D eigenvalue weighted by Gasteiger charge is 2.40. The number of ether oxygens (including phenoxy) is 4. The summed E-state index contributed by atoms with van der Waals surface area (Å²) in [6.45, 7) is 6.73.